The highest BCUT2D eigenvalue weighted by atomic mass is 16.5. The fourth-order valence-electron chi connectivity index (χ4n) is 4.39. The van der Waals surface area contributed by atoms with E-state index >= 15 is 0 Å². The maximum atomic E-state index is 12.7. The molecule has 2 heterocycles. The summed E-state index contributed by atoms with van der Waals surface area (Å²) in [6.07, 6.45) is 10.9. The molecule has 1 atom stereocenters. The van der Waals surface area contributed by atoms with Crippen LogP contribution in [0.1, 0.15) is 44.9 Å². The minimum absolute atomic E-state index is 0.190. The van der Waals surface area contributed by atoms with Gasteiger partial charge in [-0.25, -0.2) is 0 Å². The predicted octanol–water partition coefficient (Wildman–Crippen LogP) is 2.22. The van der Waals surface area contributed by atoms with Crippen LogP contribution < -0.4 is 0 Å². The lowest BCUT2D eigenvalue weighted by atomic mass is 9.72. The first-order chi connectivity index (χ1) is 11.6. The summed E-state index contributed by atoms with van der Waals surface area (Å²) in [4.78, 5) is 28.8. The number of nitrogens with zero attached hydrogens (tertiary/aromatic N) is 2. The van der Waals surface area contributed by atoms with Gasteiger partial charge in [0.25, 0.3) is 0 Å². The Kier molecular flexibility index (Phi) is 5.59. The second kappa shape index (κ2) is 7.68. The maximum absolute atomic E-state index is 12.7. The third-order valence-electron chi connectivity index (χ3n) is 6.07. The molecule has 5 heteroatoms. The number of carbonyl (C=O) groups is 2. The van der Waals surface area contributed by atoms with Crippen LogP contribution in [0, 0.1) is 11.3 Å². The average Bonchev–Trinajstić information content (AvgIpc) is 2.63. The number of rotatable bonds is 4. The van der Waals surface area contributed by atoms with Crippen molar-refractivity contribution in [1.82, 2.24) is 9.80 Å². The van der Waals surface area contributed by atoms with Gasteiger partial charge in [-0.3, -0.25) is 9.59 Å². The molecule has 5 nitrogen and oxygen atoms in total. The van der Waals surface area contributed by atoms with E-state index in [-0.39, 0.29) is 17.2 Å². The van der Waals surface area contributed by atoms with E-state index in [1.807, 2.05) is 4.90 Å². The largest absolute Gasteiger partial charge is 0.383 e. The van der Waals surface area contributed by atoms with E-state index in [2.05, 4.69) is 17.1 Å². The van der Waals surface area contributed by atoms with E-state index in [0.29, 0.717) is 25.5 Å². The molecule has 2 saturated heterocycles. The minimum Gasteiger partial charge on any atom is -0.383 e. The summed E-state index contributed by atoms with van der Waals surface area (Å²) in [5.41, 5.74) is 0.213. The SMILES string of the molecule is COCCN1CC2(CCC1=O)CCN(C(=O)C1CC=CCC1)CC2. The molecular weight excluding hydrogens is 304 g/mol. The summed E-state index contributed by atoms with van der Waals surface area (Å²) in [5.74, 6) is 0.790. The number of hydrogen-bond acceptors (Lipinski definition) is 3. The van der Waals surface area contributed by atoms with Crippen LogP contribution in [-0.4, -0.2) is 61.5 Å². The van der Waals surface area contributed by atoms with Crippen LogP contribution in [0.15, 0.2) is 12.2 Å². The zero-order valence-electron chi connectivity index (χ0n) is 14.8. The van der Waals surface area contributed by atoms with E-state index in [0.717, 1.165) is 58.2 Å². The summed E-state index contributed by atoms with van der Waals surface area (Å²) in [6.45, 7) is 3.83. The molecule has 1 unspecified atom stereocenters. The van der Waals surface area contributed by atoms with Crippen LogP contribution in [0.5, 0.6) is 0 Å². The smallest absolute Gasteiger partial charge is 0.226 e. The normalized spacial score (nSPS) is 26.9. The van der Waals surface area contributed by atoms with Crippen molar-refractivity contribution >= 4 is 11.8 Å². The fourth-order valence-corrected chi connectivity index (χ4v) is 4.39. The molecule has 0 N–H and O–H groups in total. The van der Waals surface area contributed by atoms with Crippen LogP contribution in [0.25, 0.3) is 0 Å². The number of allylic oxidation sites excluding steroid dienone is 2. The van der Waals surface area contributed by atoms with Gasteiger partial charge in [-0.2, -0.15) is 0 Å². The molecule has 2 fully saturated rings. The third-order valence-corrected chi connectivity index (χ3v) is 6.07. The van der Waals surface area contributed by atoms with Crippen molar-refractivity contribution < 1.29 is 14.3 Å². The molecule has 0 radical (unpaired) electrons. The monoisotopic (exact) mass is 334 g/mol. The van der Waals surface area contributed by atoms with E-state index in [4.69, 9.17) is 4.74 Å². The van der Waals surface area contributed by atoms with E-state index < -0.39 is 0 Å². The average molecular weight is 334 g/mol. The summed E-state index contributed by atoms with van der Waals surface area (Å²) >= 11 is 0. The Morgan fingerprint density at radius 1 is 1.29 bits per heavy atom. The van der Waals surface area contributed by atoms with Crippen LogP contribution in [0.3, 0.4) is 0 Å². The molecule has 3 rings (SSSR count). The second-order valence-corrected chi connectivity index (χ2v) is 7.61. The Balaban J connectivity index is 1.54. The van der Waals surface area contributed by atoms with Crippen LogP contribution in [0.2, 0.25) is 0 Å². The molecule has 2 aliphatic heterocycles. The Morgan fingerprint density at radius 3 is 2.75 bits per heavy atom. The van der Waals surface area contributed by atoms with Crippen molar-refractivity contribution in [3.8, 4) is 0 Å². The van der Waals surface area contributed by atoms with Crippen molar-refractivity contribution in [3.05, 3.63) is 12.2 Å². The van der Waals surface area contributed by atoms with Gasteiger partial charge in [-0.1, -0.05) is 12.2 Å². The van der Waals surface area contributed by atoms with Gasteiger partial charge >= 0.3 is 0 Å². The van der Waals surface area contributed by atoms with Gasteiger partial charge in [0, 0.05) is 45.6 Å². The van der Waals surface area contributed by atoms with Gasteiger partial charge < -0.3 is 14.5 Å². The van der Waals surface area contributed by atoms with Gasteiger partial charge in [0.15, 0.2) is 0 Å². The molecule has 0 aromatic rings. The highest BCUT2D eigenvalue weighted by molar-refractivity contribution is 5.79. The summed E-state index contributed by atoms with van der Waals surface area (Å²) < 4.78 is 5.13. The molecule has 1 spiro atoms. The summed E-state index contributed by atoms with van der Waals surface area (Å²) in [6, 6.07) is 0. The van der Waals surface area contributed by atoms with E-state index in [1.165, 1.54) is 0 Å². The lowest BCUT2D eigenvalue weighted by Crippen LogP contribution is -2.53. The Morgan fingerprint density at radius 2 is 2.08 bits per heavy atom. The Bertz CT molecular complexity index is 495. The molecule has 24 heavy (non-hydrogen) atoms. The first-order valence-electron chi connectivity index (χ1n) is 9.34. The van der Waals surface area contributed by atoms with Gasteiger partial charge in [0.05, 0.1) is 6.61 Å². The van der Waals surface area contributed by atoms with Gasteiger partial charge in [0.2, 0.25) is 11.8 Å². The number of piperidine rings is 2. The molecule has 1 aliphatic carbocycles. The molecule has 0 saturated carbocycles. The fraction of sp³-hybridized carbons (Fsp3) is 0.789. The van der Waals surface area contributed by atoms with Crippen molar-refractivity contribution in [2.45, 2.75) is 44.9 Å². The van der Waals surface area contributed by atoms with Crippen molar-refractivity contribution in [1.29, 1.82) is 0 Å². The molecule has 134 valence electrons. The Labute approximate surface area is 145 Å². The number of carbonyl (C=O) groups excluding carboxylic acids is 2. The predicted molar refractivity (Wildman–Crippen MR) is 92.4 cm³/mol. The summed E-state index contributed by atoms with van der Waals surface area (Å²) in [5, 5.41) is 0. The van der Waals surface area contributed by atoms with Crippen molar-refractivity contribution in [2.24, 2.45) is 11.3 Å². The standard InChI is InChI=1S/C19H30N2O3/c1-24-14-13-21-15-19(8-7-17(21)22)9-11-20(12-10-19)18(23)16-5-3-2-4-6-16/h2-3,16H,4-15H2,1H3. The molecule has 0 aromatic carbocycles. The lowest BCUT2D eigenvalue weighted by molar-refractivity contribution is -0.144. The maximum Gasteiger partial charge on any atom is 0.226 e. The molecule has 2 amide bonds. The first-order valence-corrected chi connectivity index (χ1v) is 9.34. The van der Waals surface area contributed by atoms with Gasteiger partial charge in [0.1, 0.15) is 0 Å². The second-order valence-electron chi connectivity index (χ2n) is 7.61. The lowest BCUT2D eigenvalue weighted by Gasteiger charge is -2.48. The highest BCUT2D eigenvalue weighted by Crippen LogP contribution is 2.40. The number of methoxy groups -OCH3 is 1. The zero-order valence-corrected chi connectivity index (χ0v) is 14.8. The molecule has 3 aliphatic rings. The van der Waals surface area contributed by atoms with Crippen LogP contribution >= 0.6 is 0 Å². The summed E-state index contributed by atoms with van der Waals surface area (Å²) in [7, 11) is 1.68. The zero-order chi connectivity index (χ0) is 17.0. The van der Waals surface area contributed by atoms with Gasteiger partial charge in [-0.15, -0.1) is 0 Å². The topological polar surface area (TPSA) is 49.9 Å². The van der Waals surface area contributed by atoms with Crippen LogP contribution in [0.4, 0.5) is 0 Å². The van der Waals surface area contributed by atoms with Gasteiger partial charge in [-0.05, 0) is 43.9 Å². The third kappa shape index (κ3) is 3.82. The minimum atomic E-state index is 0.190. The molecule has 0 aromatic heterocycles. The molecular formula is C19H30N2O3. The quantitative estimate of drug-likeness (QED) is 0.741. The first kappa shape index (κ1) is 17.5. The number of likely N-dealkylation sites (tertiary alicyclic amines) is 2. The van der Waals surface area contributed by atoms with Crippen molar-refractivity contribution in [2.75, 3.05) is 39.9 Å². The number of hydrogen-bond donors (Lipinski definition) is 0. The van der Waals surface area contributed by atoms with E-state index in [1.54, 1.807) is 7.11 Å². The highest BCUT2D eigenvalue weighted by Gasteiger charge is 2.42. The van der Waals surface area contributed by atoms with E-state index in [9.17, 15) is 9.59 Å². The van der Waals surface area contributed by atoms with Crippen LogP contribution in [-0.2, 0) is 14.3 Å². The number of amides is 2. The number of ether oxygens (including phenoxy) is 1. The molecule has 0 bridgehead atoms. The Hall–Kier alpha value is -1.36. The van der Waals surface area contributed by atoms with Crippen molar-refractivity contribution in [3.63, 3.8) is 0 Å².